The molecule has 4 N–H and O–H groups in total. The molecule has 94 valence electrons. The van der Waals surface area contributed by atoms with E-state index in [2.05, 4.69) is 45.3 Å². The molecule has 17 heavy (non-hydrogen) atoms. The van der Waals surface area contributed by atoms with Gasteiger partial charge in [0.2, 0.25) is 6.41 Å². The number of carbonyl (C=O) groups is 1. The minimum Gasteiger partial charge on any atom is -0.388 e. The molecule has 5 heteroatoms. The molecule has 0 spiro atoms. The fourth-order valence-corrected chi connectivity index (χ4v) is 2.39. The third-order valence-corrected chi connectivity index (χ3v) is 3.26. The van der Waals surface area contributed by atoms with Gasteiger partial charge in [0.05, 0.1) is 0 Å². The second-order valence-corrected chi connectivity index (χ2v) is 4.38. The van der Waals surface area contributed by atoms with Gasteiger partial charge in [0, 0.05) is 18.1 Å². The summed E-state index contributed by atoms with van der Waals surface area (Å²) in [5, 5.41) is 4.19. The van der Waals surface area contributed by atoms with Crippen molar-refractivity contribution in [2.45, 2.75) is 24.1 Å². The maximum atomic E-state index is 8.94. The van der Waals surface area contributed by atoms with Gasteiger partial charge in [-0.15, -0.1) is 0 Å². The number of rotatable bonds is 4. The van der Waals surface area contributed by atoms with Crippen molar-refractivity contribution in [3.8, 4) is 0 Å². The summed E-state index contributed by atoms with van der Waals surface area (Å²) in [5.74, 6) is 5.24. The molecule has 1 aromatic rings. The van der Waals surface area contributed by atoms with Crippen molar-refractivity contribution < 1.29 is 4.79 Å². The summed E-state index contributed by atoms with van der Waals surface area (Å²) in [6.07, 6.45) is 3.14. The van der Waals surface area contributed by atoms with Crippen LogP contribution in [0.5, 0.6) is 0 Å². The first-order valence-corrected chi connectivity index (χ1v) is 6.65. The molecule has 0 heterocycles. The zero-order valence-corrected chi connectivity index (χ0v) is 11.5. The normalized spacial score (nSPS) is 13.4. The van der Waals surface area contributed by atoms with Crippen LogP contribution in [0.1, 0.15) is 29.9 Å². The average molecular weight is 300 g/mol. The number of amides is 1. The highest BCUT2D eigenvalue weighted by atomic mass is 79.9. The maximum Gasteiger partial charge on any atom is 0.221 e. The Balaban J connectivity index is 0.000000317. The lowest BCUT2D eigenvalue weighted by Crippen LogP contribution is -2.18. The number of benzene rings is 1. The molecular weight excluding hydrogens is 282 g/mol. The Morgan fingerprint density at radius 1 is 1.53 bits per heavy atom. The molecule has 0 atom stereocenters. The number of halogens is 1. The number of alkyl halides is 1. The fraction of sp³-hybridized carbons (Fsp3) is 0.417. The molecule has 0 saturated heterocycles. The molecule has 2 rings (SSSR count). The van der Waals surface area contributed by atoms with Crippen LogP contribution in [0.4, 0.5) is 5.69 Å². The van der Waals surface area contributed by atoms with Gasteiger partial charge in [-0.1, -0.05) is 28.1 Å². The largest absolute Gasteiger partial charge is 0.388 e. The molecule has 1 saturated carbocycles. The Morgan fingerprint density at radius 2 is 2.18 bits per heavy atom. The Labute approximate surface area is 110 Å². The summed E-state index contributed by atoms with van der Waals surface area (Å²) in [6, 6.07) is 6.54. The van der Waals surface area contributed by atoms with Crippen LogP contribution >= 0.6 is 15.9 Å². The third kappa shape index (κ3) is 4.02. The molecule has 4 nitrogen and oxygen atoms in total. The first-order valence-electron chi connectivity index (χ1n) is 5.53. The van der Waals surface area contributed by atoms with E-state index in [-0.39, 0.29) is 0 Å². The van der Waals surface area contributed by atoms with Crippen molar-refractivity contribution in [3.63, 3.8) is 0 Å². The SMILES string of the molecule is CNc1cccc(C2CC2)c1CBr.NNC=O. The van der Waals surface area contributed by atoms with Crippen molar-refractivity contribution >= 4 is 28.0 Å². The highest BCUT2D eigenvalue weighted by Gasteiger charge is 2.26. The summed E-state index contributed by atoms with van der Waals surface area (Å²) in [5.41, 5.74) is 5.98. The van der Waals surface area contributed by atoms with Gasteiger partial charge in [-0.2, -0.15) is 0 Å². The molecule has 0 bridgehead atoms. The van der Waals surface area contributed by atoms with Gasteiger partial charge in [-0.05, 0) is 36.0 Å². The summed E-state index contributed by atoms with van der Waals surface area (Å²) in [6.45, 7) is 0. The average Bonchev–Trinajstić information content (AvgIpc) is 3.22. The van der Waals surface area contributed by atoms with Gasteiger partial charge in [0.15, 0.2) is 0 Å². The highest BCUT2D eigenvalue weighted by molar-refractivity contribution is 9.08. The second kappa shape index (κ2) is 7.29. The minimum absolute atomic E-state index is 0.403. The zero-order chi connectivity index (χ0) is 12.7. The number of carbonyl (C=O) groups excluding carboxylic acids is 1. The predicted molar refractivity (Wildman–Crippen MR) is 74.0 cm³/mol. The van der Waals surface area contributed by atoms with Crippen LogP contribution in [-0.4, -0.2) is 13.5 Å². The van der Waals surface area contributed by atoms with Crippen LogP contribution in [0.25, 0.3) is 0 Å². The number of nitrogens with one attached hydrogen (secondary N) is 2. The minimum atomic E-state index is 0.403. The van der Waals surface area contributed by atoms with E-state index in [1.807, 2.05) is 7.05 Å². The number of hydrazine groups is 1. The van der Waals surface area contributed by atoms with E-state index in [0.717, 1.165) is 11.2 Å². The van der Waals surface area contributed by atoms with E-state index >= 15 is 0 Å². The summed E-state index contributed by atoms with van der Waals surface area (Å²) < 4.78 is 0. The van der Waals surface area contributed by atoms with E-state index in [1.54, 1.807) is 5.43 Å². The summed E-state index contributed by atoms with van der Waals surface area (Å²) in [4.78, 5) is 8.94. The summed E-state index contributed by atoms with van der Waals surface area (Å²) >= 11 is 3.56. The van der Waals surface area contributed by atoms with E-state index < -0.39 is 0 Å². The molecule has 0 aromatic heterocycles. The molecule has 0 aliphatic heterocycles. The molecule has 0 unspecified atom stereocenters. The molecule has 1 fully saturated rings. The van der Waals surface area contributed by atoms with E-state index in [9.17, 15) is 0 Å². The van der Waals surface area contributed by atoms with Gasteiger partial charge < -0.3 is 5.32 Å². The standard InChI is InChI=1S/C11H14BrN.CH4N2O/c1-13-11-4-2-3-9(8-5-6-8)10(11)7-12;2-3-1-4/h2-4,8,13H,5-7H2,1H3;1H,2H2,(H,3,4). The Morgan fingerprint density at radius 3 is 2.59 bits per heavy atom. The lowest BCUT2D eigenvalue weighted by Gasteiger charge is -2.11. The lowest BCUT2D eigenvalue weighted by atomic mass is 10.0. The number of nitrogens with two attached hydrogens (primary N) is 1. The van der Waals surface area contributed by atoms with Crippen molar-refractivity contribution in [3.05, 3.63) is 29.3 Å². The molecule has 1 amide bonds. The number of hydrogen-bond acceptors (Lipinski definition) is 3. The number of hydrogen-bond donors (Lipinski definition) is 3. The van der Waals surface area contributed by atoms with Crippen LogP contribution in [-0.2, 0) is 10.1 Å². The summed E-state index contributed by atoms with van der Waals surface area (Å²) in [7, 11) is 1.98. The van der Waals surface area contributed by atoms with Gasteiger partial charge in [0.1, 0.15) is 0 Å². The quantitative estimate of drug-likeness (QED) is 0.262. The van der Waals surface area contributed by atoms with Crippen LogP contribution in [0.15, 0.2) is 18.2 Å². The first-order chi connectivity index (χ1) is 8.28. The Bertz CT molecular complexity index is 367. The van der Waals surface area contributed by atoms with Gasteiger partial charge in [-0.25, -0.2) is 5.84 Å². The van der Waals surface area contributed by atoms with Gasteiger partial charge >= 0.3 is 0 Å². The van der Waals surface area contributed by atoms with Crippen molar-refractivity contribution in [2.24, 2.45) is 5.84 Å². The third-order valence-electron chi connectivity index (χ3n) is 2.70. The van der Waals surface area contributed by atoms with E-state index in [1.165, 1.54) is 29.7 Å². The van der Waals surface area contributed by atoms with Crippen molar-refractivity contribution in [1.29, 1.82) is 0 Å². The van der Waals surface area contributed by atoms with Crippen molar-refractivity contribution in [2.75, 3.05) is 12.4 Å². The number of anilines is 1. The van der Waals surface area contributed by atoms with Gasteiger partial charge in [0.25, 0.3) is 0 Å². The van der Waals surface area contributed by atoms with E-state index in [4.69, 9.17) is 4.79 Å². The lowest BCUT2D eigenvalue weighted by molar-refractivity contribution is -0.109. The molecule has 1 aliphatic carbocycles. The zero-order valence-electron chi connectivity index (χ0n) is 9.87. The second-order valence-electron chi connectivity index (χ2n) is 3.82. The van der Waals surface area contributed by atoms with Gasteiger partial charge in [-0.3, -0.25) is 10.2 Å². The molecule has 1 aromatic carbocycles. The van der Waals surface area contributed by atoms with Crippen molar-refractivity contribution in [1.82, 2.24) is 5.43 Å². The Kier molecular flexibility index (Phi) is 6.00. The van der Waals surface area contributed by atoms with Crippen LogP contribution in [0, 0.1) is 0 Å². The smallest absolute Gasteiger partial charge is 0.221 e. The van der Waals surface area contributed by atoms with Crippen LogP contribution < -0.4 is 16.6 Å². The van der Waals surface area contributed by atoms with E-state index in [0.29, 0.717) is 6.41 Å². The topological polar surface area (TPSA) is 67.2 Å². The fourth-order valence-electron chi connectivity index (χ4n) is 1.76. The first kappa shape index (κ1) is 14.0. The predicted octanol–water partition coefficient (Wildman–Crippen LogP) is 2.11. The van der Waals surface area contributed by atoms with Crippen LogP contribution in [0.3, 0.4) is 0 Å². The molecular formula is C12H18BrN3O. The Hall–Kier alpha value is -1.07. The monoisotopic (exact) mass is 299 g/mol. The molecule has 0 radical (unpaired) electrons. The molecule has 1 aliphatic rings. The highest BCUT2D eigenvalue weighted by Crippen LogP contribution is 2.43. The van der Waals surface area contributed by atoms with Crippen LogP contribution in [0.2, 0.25) is 0 Å². The maximum absolute atomic E-state index is 8.94.